The van der Waals surface area contributed by atoms with Crippen LogP contribution in [0.3, 0.4) is 0 Å². The monoisotopic (exact) mass is 388 g/mol. The maximum Gasteiger partial charge on any atom is 0.310 e. The number of hydrogen-bond acceptors (Lipinski definition) is 6. The molecular formula is C19H17FN2O4S. The molecule has 140 valence electrons. The van der Waals surface area contributed by atoms with Crippen LogP contribution in [0.1, 0.15) is 11.1 Å². The molecule has 2 aromatic carbocycles. The molecule has 0 aliphatic heterocycles. The first kappa shape index (κ1) is 20.3. The Balaban J connectivity index is 1.85. The van der Waals surface area contributed by atoms with E-state index in [0.29, 0.717) is 11.3 Å². The topological polar surface area (TPSA) is 88.4 Å². The number of ether oxygens (including phenoxy) is 2. The number of anilines is 1. The molecule has 0 aliphatic rings. The van der Waals surface area contributed by atoms with E-state index in [1.807, 2.05) is 5.40 Å². The fourth-order valence-corrected chi connectivity index (χ4v) is 2.74. The first-order chi connectivity index (χ1) is 12.9. The lowest BCUT2D eigenvalue weighted by atomic mass is 10.1. The number of nitrogens with zero attached hydrogens (tertiary/aromatic N) is 1. The number of halogens is 1. The predicted molar refractivity (Wildman–Crippen MR) is 98.9 cm³/mol. The number of thiocyanates is 1. The van der Waals surface area contributed by atoms with E-state index in [1.54, 1.807) is 31.2 Å². The number of thioether (sulfide) groups is 1. The van der Waals surface area contributed by atoms with Crippen LogP contribution in [0.5, 0.6) is 5.75 Å². The first-order valence-corrected chi connectivity index (χ1v) is 8.69. The molecule has 6 nitrogen and oxygen atoms in total. The predicted octanol–water partition coefficient (Wildman–Crippen LogP) is 3.44. The van der Waals surface area contributed by atoms with Crippen molar-refractivity contribution in [2.45, 2.75) is 18.2 Å². The van der Waals surface area contributed by atoms with Crippen LogP contribution in [-0.2, 0) is 20.7 Å². The SMILES string of the molecule is COc1ccc(CC(=O)OCC(=O)Nc2ccc(SC#N)cc2C)cc1F. The lowest BCUT2D eigenvalue weighted by molar-refractivity contribution is -0.146. The van der Waals surface area contributed by atoms with Crippen LogP contribution in [0.2, 0.25) is 0 Å². The highest BCUT2D eigenvalue weighted by molar-refractivity contribution is 8.03. The Morgan fingerprint density at radius 2 is 2.04 bits per heavy atom. The third-order valence-electron chi connectivity index (χ3n) is 3.56. The van der Waals surface area contributed by atoms with Gasteiger partial charge in [-0.1, -0.05) is 6.07 Å². The fraction of sp³-hybridized carbons (Fsp3) is 0.211. The third kappa shape index (κ3) is 6.01. The maximum absolute atomic E-state index is 13.6. The van der Waals surface area contributed by atoms with E-state index in [-0.39, 0.29) is 12.2 Å². The molecule has 27 heavy (non-hydrogen) atoms. The number of hydrogen-bond donors (Lipinski definition) is 1. The summed E-state index contributed by atoms with van der Waals surface area (Å²) < 4.78 is 23.3. The molecule has 0 heterocycles. The zero-order valence-corrected chi connectivity index (χ0v) is 15.6. The molecule has 0 aliphatic carbocycles. The molecule has 0 bridgehead atoms. The minimum Gasteiger partial charge on any atom is -0.494 e. The molecule has 1 N–H and O–H groups in total. The smallest absolute Gasteiger partial charge is 0.310 e. The largest absolute Gasteiger partial charge is 0.494 e. The standard InChI is InChI=1S/C19H17FN2O4S/c1-12-7-14(27-11-21)4-5-16(12)22-18(23)10-26-19(24)9-13-3-6-17(25-2)15(20)8-13/h3-8H,9-10H2,1-2H3,(H,22,23). The van der Waals surface area contributed by atoms with E-state index in [4.69, 9.17) is 14.7 Å². The summed E-state index contributed by atoms with van der Waals surface area (Å²) in [4.78, 5) is 24.5. The Morgan fingerprint density at radius 3 is 2.67 bits per heavy atom. The number of benzene rings is 2. The molecule has 0 radical (unpaired) electrons. The molecule has 0 fully saturated rings. The van der Waals surface area contributed by atoms with Crippen LogP contribution in [0.25, 0.3) is 0 Å². The third-order valence-corrected chi connectivity index (χ3v) is 4.15. The molecule has 0 saturated heterocycles. The van der Waals surface area contributed by atoms with Gasteiger partial charge in [-0.3, -0.25) is 9.59 Å². The van der Waals surface area contributed by atoms with E-state index < -0.39 is 24.3 Å². The van der Waals surface area contributed by atoms with E-state index >= 15 is 0 Å². The number of carbonyl (C=O) groups is 2. The number of methoxy groups -OCH3 is 1. The van der Waals surface area contributed by atoms with Crippen LogP contribution in [0, 0.1) is 23.4 Å². The summed E-state index contributed by atoms with van der Waals surface area (Å²) in [5, 5.41) is 13.3. The summed E-state index contributed by atoms with van der Waals surface area (Å²) in [6.07, 6.45) is -0.159. The van der Waals surface area contributed by atoms with Gasteiger partial charge in [-0.15, -0.1) is 0 Å². The van der Waals surface area contributed by atoms with Gasteiger partial charge in [-0.2, -0.15) is 5.26 Å². The highest BCUT2D eigenvalue weighted by Gasteiger charge is 2.12. The Labute approximate surface area is 160 Å². The molecule has 0 unspecified atom stereocenters. The number of amides is 1. The molecular weight excluding hydrogens is 371 g/mol. The van der Waals surface area contributed by atoms with Gasteiger partial charge in [0, 0.05) is 10.6 Å². The van der Waals surface area contributed by atoms with Gasteiger partial charge in [0.1, 0.15) is 5.40 Å². The zero-order valence-electron chi connectivity index (χ0n) is 14.7. The lowest BCUT2D eigenvalue weighted by Gasteiger charge is -2.10. The van der Waals surface area contributed by atoms with Crippen LogP contribution < -0.4 is 10.1 Å². The van der Waals surface area contributed by atoms with Crippen LogP contribution >= 0.6 is 11.8 Å². The van der Waals surface area contributed by atoms with Crippen molar-refractivity contribution < 1.29 is 23.5 Å². The molecule has 0 atom stereocenters. The van der Waals surface area contributed by atoms with Gasteiger partial charge in [0.2, 0.25) is 0 Å². The second-order valence-corrected chi connectivity index (χ2v) is 6.38. The summed E-state index contributed by atoms with van der Waals surface area (Å²) >= 11 is 1.02. The van der Waals surface area contributed by atoms with Gasteiger partial charge in [0.05, 0.1) is 13.5 Å². The Morgan fingerprint density at radius 1 is 1.26 bits per heavy atom. The van der Waals surface area contributed by atoms with E-state index in [9.17, 15) is 14.0 Å². The number of rotatable bonds is 7. The van der Waals surface area contributed by atoms with Crippen molar-refractivity contribution in [2.75, 3.05) is 19.0 Å². The summed E-state index contributed by atoms with van der Waals surface area (Å²) in [7, 11) is 1.35. The minimum absolute atomic E-state index is 0.0843. The lowest BCUT2D eigenvalue weighted by Crippen LogP contribution is -2.22. The summed E-state index contributed by atoms with van der Waals surface area (Å²) in [6, 6.07) is 9.31. The highest BCUT2D eigenvalue weighted by atomic mass is 32.2. The zero-order chi connectivity index (χ0) is 19.8. The van der Waals surface area contributed by atoms with Gasteiger partial charge in [0.15, 0.2) is 18.2 Å². The average Bonchev–Trinajstić information content (AvgIpc) is 2.63. The Kier molecular flexibility index (Phi) is 7.20. The number of nitriles is 1. The fourth-order valence-electron chi connectivity index (χ4n) is 2.26. The highest BCUT2D eigenvalue weighted by Crippen LogP contribution is 2.23. The average molecular weight is 388 g/mol. The molecule has 0 aromatic heterocycles. The summed E-state index contributed by atoms with van der Waals surface area (Å²) in [5.74, 6) is -1.63. The maximum atomic E-state index is 13.6. The molecule has 8 heteroatoms. The molecule has 2 aromatic rings. The van der Waals surface area contributed by atoms with Gasteiger partial charge in [0.25, 0.3) is 5.91 Å². The van der Waals surface area contributed by atoms with E-state index in [2.05, 4.69) is 5.32 Å². The molecule has 2 rings (SSSR count). The number of aryl methyl sites for hydroxylation is 1. The Bertz CT molecular complexity index is 896. The van der Waals surface area contributed by atoms with Crippen molar-refractivity contribution in [3.63, 3.8) is 0 Å². The number of esters is 1. The number of carbonyl (C=O) groups excluding carboxylic acids is 2. The van der Waals surface area contributed by atoms with Gasteiger partial charge >= 0.3 is 5.97 Å². The van der Waals surface area contributed by atoms with Crippen molar-refractivity contribution in [3.8, 4) is 11.2 Å². The van der Waals surface area contributed by atoms with Crippen molar-refractivity contribution in [3.05, 3.63) is 53.3 Å². The van der Waals surface area contributed by atoms with Crippen LogP contribution in [-0.4, -0.2) is 25.6 Å². The molecule has 1 amide bonds. The molecule has 0 spiro atoms. The van der Waals surface area contributed by atoms with Crippen molar-refractivity contribution >= 4 is 29.3 Å². The first-order valence-electron chi connectivity index (χ1n) is 7.87. The van der Waals surface area contributed by atoms with E-state index in [1.165, 1.54) is 19.2 Å². The van der Waals surface area contributed by atoms with Crippen molar-refractivity contribution in [2.24, 2.45) is 0 Å². The second kappa shape index (κ2) is 9.59. The quantitative estimate of drug-likeness (QED) is 0.444. The van der Waals surface area contributed by atoms with Crippen molar-refractivity contribution in [1.82, 2.24) is 0 Å². The van der Waals surface area contributed by atoms with Gasteiger partial charge in [-0.25, -0.2) is 4.39 Å². The molecule has 0 saturated carbocycles. The summed E-state index contributed by atoms with van der Waals surface area (Å²) in [5.41, 5.74) is 1.76. The van der Waals surface area contributed by atoms with Crippen LogP contribution in [0.15, 0.2) is 41.3 Å². The Hall–Kier alpha value is -3.05. The van der Waals surface area contributed by atoms with Gasteiger partial charge < -0.3 is 14.8 Å². The van der Waals surface area contributed by atoms with Crippen molar-refractivity contribution in [1.29, 1.82) is 5.26 Å². The van der Waals surface area contributed by atoms with Gasteiger partial charge in [-0.05, 0) is 60.1 Å². The van der Waals surface area contributed by atoms with E-state index in [0.717, 1.165) is 22.2 Å². The second-order valence-electron chi connectivity index (χ2n) is 5.52. The summed E-state index contributed by atoms with van der Waals surface area (Å²) in [6.45, 7) is 1.34. The van der Waals surface area contributed by atoms with Crippen LogP contribution in [0.4, 0.5) is 10.1 Å². The number of nitrogens with one attached hydrogen (secondary N) is 1. The minimum atomic E-state index is -0.646. The normalized spacial score (nSPS) is 10.0.